The Bertz CT molecular complexity index is 520. The van der Waals surface area contributed by atoms with Crippen molar-refractivity contribution >= 4 is 17.3 Å². The summed E-state index contributed by atoms with van der Waals surface area (Å²) in [4.78, 5) is 14.4. The number of morpholine rings is 1. The molecule has 2 N–H and O–H groups in total. The fourth-order valence-electron chi connectivity index (χ4n) is 3.32. The number of carbonyl (C=O) groups excluding carboxylic acids is 1. The van der Waals surface area contributed by atoms with E-state index in [1.165, 1.54) is 0 Å². The molecule has 120 valence electrons. The van der Waals surface area contributed by atoms with Crippen LogP contribution in [0.5, 0.6) is 0 Å². The molecule has 1 saturated carbocycles. The van der Waals surface area contributed by atoms with Crippen molar-refractivity contribution in [3.05, 3.63) is 24.3 Å². The maximum atomic E-state index is 12.2. The standard InChI is InChI=1S/C17H24N2O3/c20-16(13-17(21)6-1-2-7-17)18-14-4-3-5-15(12-14)19-8-10-22-11-9-19/h3-5,12,21H,1-2,6-11,13H2,(H,18,20). The average molecular weight is 304 g/mol. The Balaban J connectivity index is 1.61. The Labute approximate surface area is 131 Å². The van der Waals surface area contributed by atoms with Crippen LogP contribution in [0.25, 0.3) is 0 Å². The van der Waals surface area contributed by atoms with Crippen LogP contribution in [0, 0.1) is 0 Å². The van der Waals surface area contributed by atoms with Crippen LogP contribution < -0.4 is 10.2 Å². The number of nitrogens with one attached hydrogen (secondary N) is 1. The largest absolute Gasteiger partial charge is 0.389 e. The maximum Gasteiger partial charge on any atom is 0.227 e. The Morgan fingerprint density at radius 3 is 2.73 bits per heavy atom. The summed E-state index contributed by atoms with van der Waals surface area (Å²) in [6.45, 7) is 3.22. The lowest BCUT2D eigenvalue weighted by atomic mass is 9.97. The van der Waals surface area contributed by atoms with Gasteiger partial charge in [0.25, 0.3) is 0 Å². The normalized spacial score (nSPS) is 20.9. The van der Waals surface area contributed by atoms with Gasteiger partial charge in [-0.15, -0.1) is 0 Å². The second-order valence-electron chi connectivity index (χ2n) is 6.31. The molecule has 0 bridgehead atoms. The average Bonchev–Trinajstić information content (AvgIpc) is 2.94. The molecule has 5 nitrogen and oxygen atoms in total. The van der Waals surface area contributed by atoms with Gasteiger partial charge in [0.15, 0.2) is 0 Å². The lowest BCUT2D eigenvalue weighted by Crippen LogP contribution is -2.36. The number of amides is 1. The van der Waals surface area contributed by atoms with E-state index in [-0.39, 0.29) is 12.3 Å². The summed E-state index contributed by atoms with van der Waals surface area (Å²) >= 11 is 0. The molecule has 1 saturated heterocycles. The Kier molecular flexibility index (Phi) is 4.64. The first-order chi connectivity index (χ1) is 10.6. The molecule has 1 aliphatic carbocycles. The van der Waals surface area contributed by atoms with Crippen molar-refractivity contribution in [1.29, 1.82) is 0 Å². The third-order valence-corrected chi connectivity index (χ3v) is 4.53. The van der Waals surface area contributed by atoms with Gasteiger partial charge in [0, 0.05) is 24.5 Å². The molecule has 0 spiro atoms. The van der Waals surface area contributed by atoms with Gasteiger partial charge in [-0.25, -0.2) is 0 Å². The molecule has 1 aromatic rings. The van der Waals surface area contributed by atoms with Gasteiger partial charge in [-0.2, -0.15) is 0 Å². The van der Waals surface area contributed by atoms with Crippen LogP contribution in [0.3, 0.4) is 0 Å². The molecule has 0 aromatic heterocycles. The van der Waals surface area contributed by atoms with Gasteiger partial charge >= 0.3 is 0 Å². The minimum absolute atomic E-state index is 0.108. The van der Waals surface area contributed by atoms with Gasteiger partial charge in [0.2, 0.25) is 5.91 Å². The van der Waals surface area contributed by atoms with E-state index in [4.69, 9.17) is 4.74 Å². The van der Waals surface area contributed by atoms with E-state index in [9.17, 15) is 9.90 Å². The minimum atomic E-state index is -0.800. The number of carbonyl (C=O) groups is 1. The molecule has 0 unspecified atom stereocenters. The van der Waals surface area contributed by atoms with E-state index in [1.807, 2.05) is 24.3 Å². The Hall–Kier alpha value is -1.59. The maximum absolute atomic E-state index is 12.2. The molecular weight excluding hydrogens is 280 g/mol. The smallest absolute Gasteiger partial charge is 0.227 e. The second-order valence-corrected chi connectivity index (χ2v) is 6.31. The second kappa shape index (κ2) is 6.67. The molecule has 0 atom stereocenters. The highest BCUT2D eigenvalue weighted by molar-refractivity contribution is 5.91. The van der Waals surface area contributed by atoms with Crippen LogP contribution in [0.4, 0.5) is 11.4 Å². The number of ether oxygens (including phenoxy) is 1. The first-order valence-corrected chi connectivity index (χ1v) is 8.10. The summed E-state index contributed by atoms with van der Waals surface area (Å²) in [6, 6.07) is 7.87. The van der Waals surface area contributed by atoms with Crippen molar-refractivity contribution < 1.29 is 14.6 Å². The summed E-state index contributed by atoms with van der Waals surface area (Å²) in [5.74, 6) is -0.108. The van der Waals surface area contributed by atoms with Crippen molar-refractivity contribution in [3.63, 3.8) is 0 Å². The van der Waals surface area contributed by atoms with E-state index in [0.717, 1.165) is 63.4 Å². The molecule has 1 aromatic carbocycles. The Morgan fingerprint density at radius 2 is 2.00 bits per heavy atom. The van der Waals surface area contributed by atoms with Crippen molar-refractivity contribution in [3.8, 4) is 0 Å². The van der Waals surface area contributed by atoms with E-state index < -0.39 is 5.60 Å². The number of anilines is 2. The SMILES string of the molecule is O=C(CC1(O)CCCC1)Nc1cccc(N2CCOCC2)c1. The number of aliphatic hydroxyl groups is 1. The summed E-state index contributed by atoms with van der Waals surface area (Å²) in [6.07, 6.45) is 3.67. The quantitative estimate of drug-likeness (QED) is 0.895. The van der Waals surface area contributed by atoms with Crippen molar-refractivity contribution in [2.45, 2.75) is 37.7 Å². The van der Waals surface area contributed by atoms with Crippen LogP contribution in [-0.4, -0.2) is 42.9 Å². The van der Waals surface area contributed by atoms with E-state index in [2.05, 4.69) is 10.2 Å². The predicted molar refractivity (Wildman–Crippen MR) is 86.1 cm³/mol. The number of nitrogens with zero attached hydrogens (tertiary/aromatic N) is 1. The molecule has 1 aliphatic heterocycles. The molecule has 5 heteroatoms. The summed E-state index contributed by atoms with van der Waals surface area (Å²) < 4.78 is 5.36. The van der Waals surface area contributed by atoms with Crippen LogP contribution in [0.2, 0.25) is 0 Å². The van der Waals surface area contributed by atoms with Crippen molar-refractivity contribution in [2.24, 2.45) is 0 Å². The fourth-order valence-corrected chi connectivity index (χ4v) is 3.32. The predicted octanol–water partition coefficient (Wildman–Crippen LogP) is 2.16. The topological polar surface area (TPSA) is 61.8 Å². The van der Waals surface area contributed by atoms with E-state index in [1.54, 1.807) is 0 Å². The van der Waals surface area contributed by atoms with E-state index in [0.29, 0.717) is 0 Å². The van der Waals surface area contributed by atoms with Crippen molar-refractivity contribution in [2.75, 3.05) is 36.5 Å². The van der Waals surface area contributed by atoms with Crippen molar-refractivity contribution in [1.82, 2.24) is 0 Å². The number of hydrogen-bond donors (Lipinski definition) is 2. The lowest BCUT2D eigenvalue weighted by molar-refractivity contribution is -0.120. The molecule has 2 aliphatic rings. The Morgan fingerprint density at radius 1 is 1.27 bits per heavy atom. The van der Waals surface area contributed by atoms with Gasteiger partial charge in [0.1, 0.15) is 0 Å². The van der Waals surface area contributed by atoms with Crippen LogP contribution in [-0.2, 0) is 9.53 Å². The molecule has 2 fully saturated rings. The summed E-state index contributed by atoms with van der Waals surface area (Å²) in [5.41, 5.74) is 1.09. The zero-order valence-electron chi connectivity index (χ0n) is 12.9. The molecule has 1 amide bonds. The summed E-state index contributed by atoms with van der Waals surface area (Å²) in [5, 5.41) is 13.2. The highest BCUT2D eigenvalue weighted by atomic mass is 16.5. The fraction of sp³-hybridized carbons (Fsp3) is 0.588. The number of benzene rings is 1. The highest BCUT2D eigenvalue weighted by Crippen LogP contribution is 2.32. The first-order valence-electron chi connectivity index (χ1n) is 8.10. The number of hydrogen-bond acceptors (Lipinski definition) is 4. The van der Waals surface area contributed by atoms with Gasteiger partial charge in [-0.3, -0.25) is 4.79 Å². The molecule has 3 rings (SSSR count). The molecule has 22 heavy (non-hydrogen) atoms. The lowest BCUT2D eigenvalue weighted by Gasteiger charge is -2.29. The van der Waals surface area contributed by atoms with E-state index >= 15 is 0 Å². The van der Waals surface area contributed by atoms with Gasteiger partial charge in [0.05, 0.1) is 25.2 Å². The minimum Gasteiger partial charge on any atom is -0.389 e. The number of rotatable bonds is 4. The van der Waals surface area contributed by atoms with Gasteiger partial charge in [-0.1, -0.05) is 18.9 Å². The van der Waals surface area contributed by atoms with Crippen LogP contribution >= 0.6 is 0 Å². The third kappa shape index (κ3) is 3.78. The zero-order valence-corrected chi connectivity index (χ0v) is 12.9. The van der Waals surface area contributed by atoms with Crippen LogP contribution in [0.15, 0.2) is 24.3 Å². The zero-order chi connectivity index (χ0) is 15.4. The highest BCUT2D eigenvalue weighted by Gasteiger charge is 2.33. The molecule has 0 radical (unpaired) electrons. The van der Waals surface area contributed by atoms with Gasteiger partial charge < -0.3 is 20.1 Å². The molecular formula is C17H24N2O3. The monoisotopic (exact) mass is 304 g/mol. The first kappa shape index (κ1) is 15.3. The third-order valence-electron chi connectivity index (χ3n) is 4.53. The molecule has 1 heterocycles. The van der Waals surface area contributed by atoms with Crippen LogP contribution in [0.1, 0.15) is 32.1 Å². The summed E-state index contributed by atoms with van der Waals surface area (Å²) in [7, 11) is 0. The van der Waals surface area contributed by atoms with Gasteiger partial charge in [-0.05, 0) is 31.0 Å².